The third-order valence-corrected chi connectivity index (χ3v) is 2.85. The molecule has 3 rings (SSSR count). The van der Waals surface area contributed by atoms with Gasteiger partial charge in [0.2, 0.25) is 5.82 Å². The van der Waals surface area contributed by atoms with E-state index in [9.17, 15) is 0 Å². The minimum absolute atomic E-state index is 0.300. The molecule has 2 heterocycles. The fraction of sp³-hybridized carbons (Fsp3) is 0. The first-order valence-corrected chi connectivity index (χ1v) is 5.78. The molecule has 0 aliphatic heterocycles. The van der Waals surface area contributed by atoms with Gasteiger partial charge in [-0.25, -0.2) is 9.97 Å². The Balaban J connectivity index is 2.05. The predicted octanol–water partition coefficient (Wildman–Crippen LogP) is 2.43. The molecule has 0 fully saturated rings. The molecular weight excluding hydrogens is 266 g/mol. The van der Waals surface area contributed by atoms with Gasteiger partial charge in [-0.1, -0.05) is 22.8 Å². The topological polar surface area (TPSA) is 90.7 Å². The summed E-state index contributed by atoms with van der Waals surface area (Å²) in [5.41, 5.74) is 7.45. The average Bonchev–Trinajstić information content (AvgIpc) is 2.92. The van der Waals surface area contributed by atoms with E-state index in [1.165, 1.54) is 6.33 Å². The number of benzene rings is 1. The standard InChI is InChI=1S/C12H8ClN5O/c13-8-3-1-2-7(10(8)14)12-17-11(18-19-12)9-4-5-15-6-16-9/h1-6H,14H2. The summed E-state index contributed by atoms with van der Waals surface area (Å²) in [4.78, 5) is 12.1. The second-order valence-corrected chi connectivity index (χ2v) is 4.13. The SMILES string of the molecule is Nc1c(Cl)cccc1-c1nc(-c2ccncn2)no1. The average molecular weight is 274 g/mol. The molecule has 0 amide bonds. The van der Waals surface area contributed by atoms with E-state index in [0.29, 0.717) is 33.7 Å². The Morgan fingerprint density at radius 2 is 2.11 bits per heavy atom. The Labute approximate surface area is 113 Å². The summed E-state index contributed by atoms with van der Waals surface area (Å²) in [5, 5.41) is 4.30. The van der Waals surface area contributed by atoms with Crippen LogP contribution in [-0.4, -0.2) is 20.1 Å². The third kappa shape index (κ3) is 2.13. The number of halogens is 1. The van der Waals surface area contributed by atoms with Crippen LogP contribution in [0, 0.1) is 0 Å². The van der Waals surface area contributed by atoms with Crippen LogP contribution >= 0.6 is 11.6 Å². The minimum Gasteiger partial charge on any atom is -0.397 e. The van der Waals surface area contributed by atoms with E-state index >= 15 is 0 Å². The normalized spacial score (nSPS) is 10.6. The van der Waals surface area contributed by atoms with Crippen molar-refractivity contribution in [1.29, 1.82) is 0 Å². The third-order valence-electron chi connectivity index (χ3n) is 2.52. The Bertz CT molecular complexity index is 713. The van der Waals surface area contributed by atoms with Gasteiger partial charge < -0.3 is 10.3 Å². The highest BCUT2D eigenvalue weighted by Crippen LogP contribution is 2.31. The zero-order valence-electron chi connectivity index (χ0n) is 9.62. The first kappa shape index (κ1) is 11.6. The molecule has 1 aromatic carbocycles. The number of anilines is 1. The minimum atomic E-state index is 0.300. The number of para-hydroxylation sites is 1. The highest BCUT2D eigenvalue weighted by molar-refractivity contribution is 6.33. The number of nitrogen functional groups attached to an aromatic ring is 1. The van der Waals surface area contributed by atoms with Crippen molar-refractivity contribution < 1.29 is 4.52 Å². The lowest BCUT2D eigenvalue weighted by Gasteiger charge is -2.01. The second-order valence-electron chi connectivity index (χ2n) is 3.72. The zero-order chi connectivity index (χ0) is 13.2. The van der Waals surface area contributed by atoms with Gasteiger partial charge in [-0.2, -0.15) is 4.98 Å². The molecule has 0 bridgehead atoms. The number of hydrogen-bond donors (Lipinski definition) is 1. The van der Waals surface area contributed by atoms with E-state index in [-0.39, 0.29) is 0 Å². The van der Waals surface area contributed by atoms with Crippen LogP contribution in [0.15, 0.2) is 41.3 Å². The van der Waals surface area contributed by atoms with Crippen molar-refractivity contribution in [3.8, 4) is 23.0 Å². The predicted molar refractivity (Wildman–Crippen MR) is 70.2 cm³/mol. The van der Waals surface area contributed by atoms with Gasteiger partial charge in [0.15, 0.2) is 0 Å². The Morgan fingerprint density at radius 3 is 2.89 bits per heavy atom. The molecule has 19 heavy (non-hydrogen) atoms. The van der Waals surface area contributed by atoms with E-state index < -0.39 is 0 Å². The van der Waals surface area contributed by atoms with Gasteiger partial charge in [-0.3, -0.25) is 0 Å². The van der Waals surface area contributed by atoms with Crippen LogP contribution in [0.5, 0.6) is 0 Å². The molecule has 0 aliphatic carbocycles. The van der Waals surface area contributed by atoms with Gasteiger partial charge >= 0.3 is 0 Å². The molecule has 0 aliphatic rings. The number of aromatic nitrogens is 4. The van der Waals surface area contributed by atoms with Crippen molar-refractivity contribution in [3.05, 3.63) is 41.8 Å². The van der Waals surface area contributed by atoms with E-state index in [1.54, 1.807) is 30.5 Å². The van der Waals surface area contributed by atoms with E-state index in [4.69, 9.17) is 21.9 Å². The first-order valence-electron chi connectivity index (χ1n) is 5.40. The summed E-state index contributed by atoms with van der Waals surface area (Å²) in [6, 6.07) is 6.92. The molecule has 0 saturated carbocycles. The first-order chi connectivity index (χ1) is 9.25. The van der Waals surface area contributed by atoms with Crippen LogP contribution < -0.4 is 5.73 Å². The molecule has 0 atom stereocenters. The molecule has 2 N–H and O–H groups in total. The maximum Gasteiger partial charge on any atom is 0.260 e. The van der Waals surface area contributed by atoms with Crippen molar-refractivity contribution in [2.75, 3.05) is 5.73 Å². The lowest BCUT2D eigenvalue weighted by Crippen LogP contribution is -1.91. The van der Waals surface area contributed by atoms with Gasteiger partial charge in [0.25, 0.3) is 5.89 Å². The van der Waals surface area contributed by atoms with E-state index in [1.807, 2.05) is 0 Å². The summed E-state index contributed by atoms with van der Waals surface area (Å²) in [6.07, 6.45) is 3.02. The molecule has 94 valence electrons. The van der Waals surface area contributed by atoms with Crippen molar-refractivity contribution in [2.24, 2.45) is 0 Å². The van der Waals surface area contributed by atoms with Gasteiger partial charge in [-0.05, 0) is 18.2 Å². The van der Waals surface area contributed by atoms with Crippen molar-refractivity contribution in [1.82, 2.24) is 20.1 Å². The number of nitrogens with two attached hydrogens (primary N) is 1. The number of nitrogens with zero attached hydrogens (tertiary/aromatic N) is 4. The maximum atomic E-state index is 5.95. The zero-order valence-corrected chi connectivity index (χ0v) is 10.4. The number of hydrogen-bond acceptors (Lipinski definition) is 6. The van der Waals surface area contributed by atoms with Crippen LogP contribution in [0.3, 0.4) is 0 Å². The lowest BCUT2D eigenvalue weighted by atomic mass is 10.2. The molecule has 0 spiro atoms. The Morgan fingerprint density at radius 1 is 1.21 bits per heavy atom. The van der Waals surface area contributed by atoms with Crippen LogP contribution in [-0.2, 0) is 0 Å². The summed E-state index contributed by atoms with van der Waals surface area (Å²) >= 11 is 5.95. The van der Waals surface area contributed by atoms with E-state index in [2.05, 4.69) is 20.1 Å². The summed E-state index contributed by atoms with van der Waals surface area (Å²) in [7, 11) is 0. The van der Waals surface area contributed by atoms with Crippen LogP contribution in [0.4, 0.5) is 5.69 Å². The van der Waals surface area contributed by atoms with Gasteiger partial charge in [-0.15, -0.1) is 0 Å². The summed E-state index contributed by atoms with van der Waals surface area (Å²) in [6.45, 7) is 0. The summed E-state index contributed by atoms with van der Waals surface area (Å²) in [5.74, 6) is 0.672. The van der Waals surface area contributed by atoms with Crippen molar-refractivity contribution in [3.63, 3.8) is 0 Å². The Hall–Kier alpha value is -2.47. The van der Waals surface area contributed by atoms with Crippen LogP contribution in [0.2, 0.25) is 5.02 Å². The van der Waals surface area contributed by atoms with Crippen LogP contribution in [0.1, 0.15) is 0 Å². The Kier molecular flexibility index (Phi) is 2.85. The van der Waals surface area contributed by atoms with Gasteiger partial charge in [0.1, 0.15) is 12.0 Å². The lowest BCUT2D eigenvalue weighted by molar-refractivity contribution is 0.432. The van der Waals surface area contributed by atoms with Crippen molar-refractivity contribution in [2.45, 2.75) is 0 Å². The number of rotatable bonds is 2. The molecular formula is C12H8ClN5O. The quantitative estimate of drug-likeness (QED) is 0.721. The maximum absolute atomic E-state index is 5.95. The molecule has 0 radical (unpaired) electrons. The highest BCUT2D eigenvalue weighted by Gasteiger charge is 2.14. The summed E-state index contributed by atoms with van der Waals surface area (Å²) < 4.78 is 5.18. The molecule has 0 unspecified atom stereocenters. The van der Waals surface area contributed by atoms with Gasteiger partial charge in [0, 0.05) is 6.20 Å². The molecule has 2 aromatic heterocycles. The fourth-order valence-electron chi connectivity index (χ4n) is 1.58. The van der Waals surface area contributed by atoms with Gasteiger partial charge in [0.05, 0.1) is 16.3 Å². The largest absolute Gasteiger partial charge is 0.397 e. The molecule has 3 aromatic rings. The fourth-order valence-corrected chi connectivity index (χ4v) is 1.76. The van der Waals surface area contributed by atoms with Crippen LogP contribution in [0.25, 0.3) is 23.0 Å². The smallest absolute Gasteiger partial charge is 0.260 e. The monoisotopic (exact) mass is 273 g/mol. The second kappa shape index (κ2) is 4.66. The highest BCUT2D eigenvalue weighted by atomic mass is 35.5. The van der Waals surface area contributed by atoms with E-state index in [0.717, 1.165) is 0 Å². The molecule has 7 heteroatoms. The van der Waals surface area contributed by atoms with Crippen molar-refractivity contribution >= 4 is 17.3 Å². The molecule has 0 saturated heterocycles. The molecule has 6 nitrogen and oxygen atoms in total.